The van der Waals surface area contributed by atoms with Crippen LogP contribution in [0.4, 0.5) is 0 Å². The molecule has 0 spiro atoms. The van der Waals surface area contributed by atoms with Crippen LogP contribution in [0.15, 0.2) is 12.1 Å². The van der Waals surface area contributed by atoms with Gasteiger partial charge < -0.3 is 19.2 Å². The van der Waals surface area contributed by atoms with Crippen molar-refractivity contribution in [1.29, 1.82) is 0 Å². The molecular formula is C14H17NO4. The summed E-state index contributed by atoms with van der Waals surface area (Å²) in [5.41, 5.74) is 1.83. The van der Waals surface area contributed by atoms with E-state index >= 15 is 0 Å². The molecule has 0 unspecified atom stereocenters. The van der Waals surface area contributed by atoms with Gasteiger partial charge in [0.15, 0.2) is 11.5 Å². The Morgan fingerprint density at radius 2 is 1.95 bits per heavy atom. The zero-order valence-corrected chi connectivity index (χ0v) is 11.3. The Hall–Kier alpha value is -2.04. The van der Waals surface area contributed by atoms with Crippen molar-refractivity contribution in [3.05, 3.63) is 23.3 Å². The number of fused-ring (bicyclic) bond motifs is 1. The van der Waals surface area contributed by atoms with Gasteiger partial charge in [-0.1, -0.05) is 0 Å². The molecule has 0 radical (unpaired) electrons. The van der Waals surface area contributed by atoms with E-state index in [-0.39, 0.29) is 5.91 Å². The Balaban J connectivity index is 2.51. The number of carbonyl (C=O) groups excluding carboxylic acids is 2. The van der Waals surface area contributed by atoms with Crippen molar-refractivity contribution in [1.82, 2.24) is 4.90 Å². The average Bonchev–Trinajstić information content (AvgIpc) is 2.43. The minimum absolute atomic E-state index is 0.0995. The topological polar surface area (TPSA) is 55.8 Å². The standard InChI is InChI=1S/C14H17NO4/c1-9(17)15-5-4-10-6-13(18-2)14(19-3)7-11(10)12(15)8-16/h6-8,12H,4-5H2,1-3H3/t12-/m1/s1. The molecule has 0 fully saturated rings. The molecule has 0 aromatic heterocycles. The molecule has 0 aliphatic carbocycles. The number of benzene rings is 1. The molecule has 5 nitrogen and oxygen atoms in total. The van der Waals surface area contributed by atoms with E-state index in [0.29, 0.717) is 24.5 Å². The first-order valence-electron chi connectivity index (χ1n) is 6.09. The smallest absolute Gasteiger partial charge is 0.220 e. The first kappa shape index (κ1) is 13.4. The molecule has 1 aromatic rings. The van der Waals surface area contributed by atoms with Crippen LogP contribution in [-0.2, 0) is 16.0 Å². The van der Waals surface area contributed by atoms with Gasteiger partial charge in [0.05, 0.1) is 14.2 Å². The third-order valence-electron chi connectivity index (χ3n) is 3.46. The highest BCUT2D eigenvalue weighted by Gasteiger charge is 2.30. The maximum Gasteiger partial charge on any atom is 0.220 e. The largest absolute Gasteiger partial charge is 0.493 e. The lowest BCUT2D eigenvalue weighted by Gasteiger charge is -2.34. The average molecular weight is 263 g/mol. The zero-order chi connectivity index (χ0) is 14.0. The molecule has 1 amide bonds. The number of hydrogen-bond acceptors (Lipinski definition) is 4. The SMILES string of the molecule is COc1cc2c(cc1OC)[C@@H](C=O)N(C(C)=O)CC2. The number of nitrogens with zero attached hydrogens (tertiary/aromatic N) is 1. The second-order valence-corrected chi connectivity index (χ2v) is 4.45. The molecule has 0 bridgehead atoms. The molecule has 102 valence electrons. The van der Waals surface area contributed by atoms with E-state index in [2.05, 4.69) is 0 Å². The lowest BCUT2D eigenvalue weighted by molar-refractivity contribution is -0.135. The van der Waals surface area contributed by atoms with Crippen LogP contribution in [0, 0.1) is 0 Å². The molecule has 1 aromatic carbocycles. The lowest BCUT2D eigenvalue weighted by Crippen LogP contribution is -2.39. The normalized spacial score (nSPS) is 17.6. The summed E-state index contributed by atoms with van der Waals surface area (Å²) < 4.78 is 10.5. The second kappa shape index (κ2) is 5.30. The van der Waals surface area contributed by atoms with Crippen molar-refractivity contribution < 1.29 is 19.1 Å². The monoisotopic (exact) mass is 263 g/mol. The molecule has 1 atom stereocenters. The number of ether oxygens (including phenoxy) is 2. The van der Waals surface area contributed by atoms with Gasteiger partial charge in [0, 0.05) is 13.5 Å². The van der Waals surface area contributed by atoms with Gasteiger partial charge in [-0.05, 0) is 29.7 Å². The molecule has 1 aliphatic rings. The van der Waals surface area contributed by atoms with Crippen molar-refractivity contribution in [3.8, 4) is 11.5 Å². The van der Waals surface area contributed by atoms with Gasteiger partial charge in [-0.25, -0.2) is 0 Å². The summed E-state index contributed by atoms with van der Waals surface area (Å²) in [4.78, 5) is 24.5. The van der Waals surface area contributed by atoms with Crippen molar-refractivity contribution >= 4 is 12.2 Å². The molecule has 1 aliphatic heterocycles. The van der Waals surface area contributed by atoms with Gasteiger partial charge in [-0.2, -0.15) is 0 Å². The van der Waals surface area contributed by atoms with Gasteiger partial charge in [-0.15, -0.1) is 0 Å². The summed E-state index contributed by atoms with van der Waals surface area (Å²) in [6, 6.07) is 3.12. The number of methoxy groups -OCH3 is 2. The highest BCUT2D eigenvalue weighted by molar-refractivity contribution is 5.79. The molecule has 0 saturated carbocycles. The maximum absolute atomic E-state index is 11.6. The maximum atomic E-state index is 11.6. The minimum atomic E-state index is -0.541. The quantitative estimate of drug-likeness (QED) is 0.772. The Kier molecular flexibility index (Phi) is 3.74. The summed E-state index contributed by atoms with van der Waals surface area (Å²) in [7, 11) is 3.12. The van der Waals surface area contributed by atoms with Crippen molar-refractivity contribution in [2.24, 2.45) is 0 Å². The minimum Gasteiger partial charge on any atom is -0.493 e. The van der Waals surface area contributed by atoms with Crippen LogP contribution < -0.4 is 9.47 Å². The molecule has 0 saturated heterocycles. The van der Waals surface area contributed by atoms with Gasteiger partial charge in [0.2, 0.25) is 5.91 Å². The van der Waals surface area contributed by atoms with Crippen molar-refractivity contribution in [2.45, 2.75) is 19.4 Å². The fourth-order valence-electron chi connectivity index (χ4n) is 2.48. The van der Waals surface area contributed by atoms with Gasteiger partial charge in [0.1, 0.15) is 12.3 Å². The van der Waals surface area contributed by atoms with E-state index in [1.54, 1.807) is 25.2 Å². The number of aldehydes is 1. The highest BCUT2D eigenvalue weighted by atomic mass is 16.5. The van der Waals surface area contributed by atoms with E-state index in [9.17, 15) is 9.59 Å². The van der Waals surface area contributed by atoms with E-state index < -0.39 is 6.04 Å². The van der Waals surface area contributed by atoms with Gasteiger partial charge >= 0.3 is 0 Å². The van der Waals surface area contributed by atoms with Crippen LogP contribution in [-0.4, -0.2) is 37.9 Å². The third-order valence-corrected chi connectivity index (χ3v) is 3.46. The van der Waals surface area contributed by atoms with E-state index in [1.165, 1.54) is 6.92 Å². The Morgan fingerprint density at radius 3 is 2.47 bits per heavy atom. The van der Waals surface area contributed by atoms with E-state index in [0.717, 1.165) is 17.4 Å². The predicted octanol–water partition coefficient (Wildman–Crippen LogP) is 1.35. The van der Waals surface area contributed by atoms with Crippen molar-refractivity contribution in [2.75, 3.05) is 20.8 Å². The first-order valence-corrected chi connectivity index (χ1v) is 6.09. The number of carbonyl (C=O) groups is 2. The molecule has 19 heavy (non-hydrogen) atoms. The first-order chi connectivity index (χ1) is 9.12. The highest BCUT2D eigenvalue weighted by Crippen LogP contribution is 2.37. The summed E-state index contributed by atoms with van der Waals surface area (Å²) in [6.45, 7) is 2.02. The van der Waals surface area contributed by atoms with Gasteiger partial charge in [0.25, 0.3) is 0 Å². The molecule has 2 rings (SSSR count). The van der Waals surface area contributed by atoms with Crippen LogP contribution in [0.25, 0.3) is 0 Å². The summed E-state index contributed by atoms with van der Waals surface area (Å²) >= 11 is 0. The number of amides is 1. The fourth-order valence-corrected chi connectivity index (χ4v) is 2.48. The van der Waals surface area contributed by atoms with Crippen LogP contribution in [0.5, 0.6) is 11.5 Å². The molecule has 0 N–H and O–H groups in total. The summed E-state index contributed by atoms with van der Waals surface area (Å²) in [5, 5.41) is 0. The number of hydrogen-bond donors (Lipinski definition) is 0. The predicted molar refractivity (Wildman–Crippen MR) is 69.4 cm³/mol. The molecule has 5 heteroatoms. The fraction of sp³-hybridized carbons (Fsp3) is 0.429. The molecule has 1 heterocycles. The Labute approximate surface area is 112 Å². The number of rotatable bonds is 3. The van der Waals surface area contributed by atoms with E-state index in [1.807, 2.05) is 6.07 Å². The third kappa shape index (κ3) is 2.28. The second-order valence-electron chi connectivity index (χ2n) is 4.45. The summed E-state index contributed by atoms with van der Waals surface area (Å²) in [5.74, 6) is 1.11. The van der Waals surface area contributed by atoms with Crippen LogP contribution in [0.1, 0.15) is 24.1 Å². The van der Waals surface area contributed by atoms with Crippen molar-refractivity contribution in [3.63, 3.8) is 0 Å². The Bertz CT molecular complexity index is 512. The lowest BCUT2D eigenvalue weighted by atomic mass is 9.92. The summed E-state index contributed by atoms with van der Waals surface area (Å²) in [6.07, 6.45) is 1.50. The van der Waals surface area contributed by atoms with Gasteiger partial charge in [-0.3, -0.25) is 4.79 Å². The molecular weight excluding hydrogens is 246 g/mol. The Morgan fingerprint density at radius 1 is 1.32 bits per heavy atom. The van der Waals surface area contributed by atoms with Crippen LogP contribution >= 0.6 is 0 Å². The van der Waals surface area contributed by atoms with E-state index in [4.69, 9.17) is 9.47 Å². The van der Waals surface area contributed by atoms with Crippen LogP contribution in [0.2, 0.25) is 0 Å². The zero-order valence-electron chi connectivity index (χ0n) is 11.3. The van der Waals surface area contributed by atoms with Crippen LogP contribution in [0.3, 0.4) is 0 Å².